The molecule has 0 aliphatic heterocycles. The van der Waals surface area contributed by atoms with Gasteiger partial charge >= 0.3 is 0 Å². The summed E-state index contributed by atoms with van der Waals surface area (Å²) in [6.07, 6.45) is 0. The van der Waals surface area contributed by atoms with Gasteiger partial charge in [0.2, 0.25) is 0 Å². The molecule has 2 aromatic carbocycles. The molecule has 0 radical (unpaired) electrons. The van der Waals surface area contributed by atoms with Crippen molar-refractivity contribution in [2.75, 3.05) is 17.2 Å². The molecule has 0 saturated carbocycles. The normalized spacial score (nSPS) is 10.2. The van der Waals surface area contributed by atoms with Gasteiger partial charge in [-0.05, 0) is 42.8 Å². The van der Waals surface area contributed by atoms with E-state index in [9.17, 15) is 4.79 Å². The van der Waals surface area contributed by atoms with Crippen LogP contribution in [0.1, 0.15) is 22.8 Å². The highest BCUT2D eigenvalue weighted by atomic mass is 35.5. The number of carbonyl (C=O) groups is 1. The van der Waals surface area contributed by atoms with Crippen LogP contribution in [-0.2, 0) is 6.61 Å². The predicted octanol–water partition coefficient (Wildman–Crippen LogP) is 3.52. The van der Waals surface area contributed by atoms with Crippen molar-refractivity contribution >= 4 is 28.9 Å². The van der Waals surface area contributed by atoms with Gasteiger partial charge in [-0.2, -0.15) is 0 Å². The zero-order chi connectivity index (χ0) is 15.2. The summed E-state index contributed by atoms with van der Waals surface area (Å²) >= 11 is 5.97. The van der Waals surface area contributed by atoms with E-state index < -0.39 is 0 Å². The number of amides is 1. The van der Waals surface area contributed by atoms with Gasteiger partial charge in [0, 0.05) is 22.9 Å². The molecule has 0 bridgehead atoms. The largest absolute Gasteiger partial charge is 0.392 e. The minimum absolute atomic E-state index is 0.0207. The summed E-state index contributed by atoms with van der Waals surface area (Å²) in [7, 11) is 0. The number of nitrogens with one attached hydrogen (secondary N) is 2. The van der Waals surface area contributed by atoms with E-state index in [1.165, 1.54) is 0 Å². The highest BCUT2D eigenvalue weighted by Crippen LogP contribution is 2.22. The monoisotopic (exact) mass is 304 g/mol. The van der Waals surface area contributed by atoms with E-state index in [1.54, 1.807) is 42.5 Å². The van der Waals surface area contributed by atoms with Crippen molar-refractivity contribution in [1.82, 2.24) is 0 Å². The quantitative estimate of drug-likeness (QED) is 0.792. The first-order valence-corrected chi connectivity index (χ1v) is 7.06. The standard InChI is InChI=1S/C16H17ClN2O2/c1-2-18-15-8-5-12(17)9-14(15)16(21)19-13-6-3-11(10-20)4-7-13/h3-9,18,20H,2,10H2,1H3,(H,19,21). The van der Waals surface area contributed by atoms with Crippen molar-refractivity contribution in [1.29, 1.82) is 0 Å². The molecule has 3 N–H and O–H groups in total. The minimum atomic E-state index is -0.231. The molecule has 0 atom stereocenters. The van der Waals surface area contributed by atoms with Gasteiger partial charge in [-0.3, -0.25) is 4.79 Å². The molecule has 2 aromatic rings. The summed E-state index contributed by atoms with van der Waals surface area (Å²) in [6, 6.07) is 12.2. The number of carbonyl (C=O) groups excluding carboxylic acids is 1. The lowest BCUT2D eigenvalue weighted by atomic mass is 10.1. The van der Waals surface area contributed by atoms with Crippen molar-refractivity contribution < 1.29 is 9.90 Å². The van der Waals surface area contributed by atoms with Gasteiger partial charge < -0.3 is 15.7 Å². The van der Waals surface area contributed by atoms with Crippen LogP contribution in [0.5, 0.6) is 0 Å². The van der Waals surface area contributed by atoms with Crippen LogP contribution in [0.15, 0.2) is 42.5 Å². The summed E-state index contributed by atoms with van der Waals surface area (Å²) < 4.78 is 0. The second-order valence-corrected chi connectivity index (χ2v) is 4.97. The van der Waals surface area contributed by atoms with E-state index in [4.69, 9.17) is 16.7 Å². The summed E-state index contributed by atoms with van der Waals surface area (Å²) in [6.45, 7) is 2.66. The highest BCUT2D eigenvalue weighted by Gasteiger charge is 2.12. The summed E-state index contributed by atoms with van der Waals surface area (Å²) in [4.78, 5) is 12.4. The van der Waals surface area contributed by atoms with Crippen molar-refractivity contribution in [2.24, 2.45) is 0 Å². The number of aliphatic hydroxyl groups is 1. The lowest BCUT2D eigenvalue weighted by molar-refractivity contribution is 0.102. The molecule has 110 valence electrons. The number of halogens is 1. The summed E-state index contributed by atoms with van der Waals surface area (Å²) in [5, 5.41) is 15.5. The van der Waals surface area contributed by atoms with Crippen molar-refractivity contribution in [3.8, 4) is 0 Å². The maximum atomic E-state index is 12.4. The average Bonchev–Trinajstić information content (AvgIpc) is 2.50. The molecule has 0 heterocycles. The molecule has 0 aromatic heterocycles. The molecule has 4 nitrogen and oxygen atoms in total. The zero-order valence-electron chi connectivity index (χ0n) is 11.7. The fourth-order valence-electron chi connectivity index (χ4n) is 1.94. The molecule has 21 heavy (non-hydrogen) atoms. The minimum Gasteiger partial charge on any atom is -0.392 e. The van der Waals surface area contributed by atoms with Crippen LogP contribution in [0.4, 0.5) is 11.4 Å². The molecular formula is C16H17ClN2O2. The first-order chi connectivity index (χ1) is 10.1. The van der Waals surface area contributed by atoms with E-state index in [-0.39, 0.29) is 12.5 Å². The summed E-state index contributed by atoms with van der Waals surface area (Å²) in [5.41, 5.74) is 2.70. The predicted molar refractivity (Wildman–Crippen MR) is 85.9 cm³/mol. The Morgan fingerprint density at radius 3 is 2.52 bits per heavy atom. The van der Waals surface area contributed by atoms with Crippen LogP contribution in [0, 0.1) is 0 Å². The Morgan fingerprint density at radius 2 is 1.90 bits per heavy atom. The molecule has 0 spiro atoms. The second kappa shape index (κ2) is 7.11. The van der Waals surface area contributed by atoms with E-state index in [0.717, 1.165) is 11.3 Å². The number of hydrogen-bond donors (Lipinski definition) is 3. The Kier molecular flexibility index (Phi) is 5.20. The molecule has 5 heteroatoms. The molecule has 2 rings (SSSR count). The second-order valence-electron chi connectivity index (χ2n) is 4.53. The third kappa shape index (κ3) is 3.97. The molecular weight excluding hydrogens is 288 g/mol. The van der Waals surface area contributed by atoms with Crippen molar-refractivity contribution in [2.45, 2.75) is 13.5 Å². The lowest BCUT2D eigenvalue weighted by Crippen LogP contribution is -2.14. The van der Waals surface area contributed by atoms with Crippen LogP contribution >= 0.6 is 11.6 Å². The van der Waals surface area contributed by atoms with Gasteiger partial charge in [0.05, 0.1) is 12.2 Å². The van der Waals surface area contributed by atoms with Crippen LogP contribution in [-0.4, -0.2) is 17.6 Å². The van der Waals surface area contributed by atoms with Gasteiger partial charge in [0.1, 0.15) is 0 Å². The summed E-state index contributed by atoms with van der Waals surface area (Å²) in [5.74, 6) is -0.231. The molecule has 0 unspecified atom stereocenters. The molecule has 0 saturated heterocycles. The average molecular weight is 305 g/mol. The topological polar surface area (TPSA) is 61.4 Å². The van der Waals surface area contributed by atoms with E-state index in [2.05, 4.69) is 10.6 Å². The fraction of sp³-hybridized carbons (Fsp3) is 0.188. The van der Waals surface area contributed by atoms with Crippen molar-refractivity contribution in [3.05, 3.63) is 58.6 Å². The highest BCUT2D eigenvalue weighted by molar-refractivity contribution is 6.31. The first-order valence-electron chi connectivity index (χ1n) is 6.68. The number of aliphatic hydroxyl groups excluding tert-OH is 1. The molecule has 0 fully saturated rings. The Labute approximate surface area is 128 Å². The van der Waals surface area contributed by atoms with Crippen LogP contribution < -0.4 is 10.6 Å². The number of rotatable bonds is 5. The Morgan fingerprint density at radius 1 is 1.19 bits per heavy atom. The number of benzene rings is 2. The third-order valence-electron chi connectivity index (χ3n) is 2.99. The van der Waals surface area contributed by atoms with E-state index >= 15 is 0 Å². The molecule has 1 amide bonds. The Bertz CT molecular complexity index is 627. The van der Waals surface area contributed by atoms with Gasteiger partial charge in [-0.1, -0.05) is 23.7 Å². The van der Waals surface area contributed by atoms with E-state index in [0.29, 0.717) is 22.8 Å². The first kappa shape index (κ1) is 15.4. The maximum absolute atomic E-state index is 12.4. The molecule has 0 aliphatic carbocycles. The third-order valence-corrected chi connectivity index (χ3v) is 3.22. The van der Waals surface area contributed by atoms with Gasteiger partial charge in [-0.25, -0.2) is 0 Å². The van der Waals surface area contributed by atoms with Crippen LogP contribution in [0.2, 0.25) is 5.02 Å². The smallest absolute Gasteiger partial charge is 0.257 e. The Hall–Kier alpha value is -2.04. The van der Waals surface area contributed by atoms with Gasteiger partial charge in [-0.15, -0.1) is 0 Å². The zero-order valence-corrected chi connectivity index (χ0v) is 12.4. The SMILES string of the molecule is CCNc1ccc(Cl)cc1C(=O)Nc1ccc(CO)cc1. The van der Waals surface area contributed by atoms with Crippen LogP contribution in [0.25, 0.3) is 0 Å². The lowest BCUT2D eigenvalue weighted by Gasteiger charge is -2.12. The van der Waals surface area contributed by atoms with Crippen LogP contribution in [0.3, 0.4) is 0 Å². The number of anilines is 2. The van der Waals surface area contributed by atoms with Gasteiger partial charge in [0.15, 0.2) is 0 Å². The number of hydrogen-bond acceptors (Lipinski definition) is 3. The molecule has 0 aliphatic rings. The van der Waals surface area contributed by atoms with Gasteiger partial charge in [0.25, 0.3) is 5.91 Å². The Balaban J connectivity index is 2.20. The fourth-order valence-corrected chi connectivity index (χ4v) is 2.11. The maximum Gasteiger partial charge on any atom is 0.257 e. The van der Waals surface area contributed by atoms with Crippen molar-refractivity contribution in [3.63, 3.8) is 0 Å². The van der Waals surface area contributed by atoms with E-state index in [1.807, 2.05) is 6.92 Å².